The molecule has 0 spiro atoms. The van der Waals surface area contributed by atoms with E-state index in [1.54, 1.807) is 0 Å². The van der Waals surface area contributed by atoms with Crippen molar-refractivity contribution in [2.24, 2.45) is 23.5 Å². The van der Waals surface area contributed by atoms with Crippen LogP contribution in [0.3, 0.4) is 0 Å². The highest BCUT2D eigenvalue weighted by molar-refractivity contribution is 5.81. The first-order valence-corrected chi connectivity index (χ1v) is 8.16. The van der Waals surface area contributed by atoms with Gasteiger partial charge in [0.15, 0.2) is 0 Å². The van der Waals surface area contributed by atoms with Crippen molar-refractivity contribution >= 4 is 5.91 Å². The smallest absolute Gasteiger partial charge is 0.223 e. The minimum Gasteiger partial charge on any atom is -0.354 e. The molecule has 3 heteroatoms. The fraction of sp³-hybridized carbons (Fsp3) is 0.938. The molecule has 2 saturated carbocycles. The lowest BCUT2D eigenvalue weighted by Crippen LogP contribution is -2.49. The van der Waals surface area contributed by atoms with Crippen LogP contribution in [0, 0.1) is 17.8 Å². The van der Waals surface area contributed by atoms with Crippen LogP contribution in [0.5, 0.6) is 0 Å². The summed E-state index contributed by atoms with van der Waals surface area (Å²) in [6, 6.07) is 0. The zero-order chi connectivity index (χ0) is 13.9. The van der Waals surface area contributed by atoms with Gasteiger partial charge in [0, 0.05) is 18.0 Å². The van der Waals surface area contributed by atoms with E-state index in [0.717, 1.165) is 25.2 Å². The Kier molecular flexibility index (Phi) is 4.88. The Balaban J connectivity index is 1.73. The van der Waals surface area contributed by atoms with Gasteiger partial charge in [-0.3, -0.25) is 4.79 Å². The van der Waals surface area contributed by atoms with Crippen molar-refractivity contribution in [3.05, 3.63) is 0 Å². The van der Waals surface area contributed by atoms with Gasteiger partial charge in [-0.1, -0.05) is 46.0 Å². The largest absolute Gasteiger partial charge is 0.354 e. The summed E-state index contributed by atoms with van der Waals surface area (Å²) in [5.41, 5.74) is 6.01. The van der Waals surface area contributed by atoms with Crippen molar-refractivity contribution in [1.29, 1.82) is 0 Å². The monoisotopic (exact) mass is 266 g/mol. The van der Waals surface area contributed by atoms with Crippen LogP contribution >= 0.6 is 0 Å². The average molecular weight is 266 g/mol. The number of nitrogens with two attached hydrogens (primary N) is 1. The molecule has 2 fully saturated rings. The molecule has 0 aliphatic heterocycles. The van der Waals surface area contributed by atoms with Crippen molar-refractivity contribution in [3.8, 4) is 0 Å². The molecule has 19 heavy (non-hydrogen) atoms. The average Bonchev–Trinajstić information content (AvgIpc) is 3.26. The fourth-order valence-electron chi connectivity index (χ4n) is 3.49. The van der Waals surface area contributed by atoms with E-state index in [2.05, 4.69) is 19.2 Å². The van der Waals surface area contributed by atoms with Gasteiger partial charge in [-0.25, -0.2) is 0 Å². The van der Waals surface area contributed by atoms with Gasteiger partial charge >= 0.3 is 0 Å². The van der Waals surface area contributed by atoms with Crippen LogP contribution in [0.2, 0.25) is 0 Å². The number of carbonyl (C=O) groups is 1. The van der Waals surface area contributed by atoms with Crippen molar-refractivity contribution < 1.29 is 4.79 Å². The Morgan fingerprint density at radius 1 is 1.21 bits per heavy atom. The van der Waals surface area contributed by atoms with Crippen molar-refractivity contribution in [3.63, 3.8) is 0 Å². The first kappa shape index (κ1) is 14.8. The van der Waals surface area contributed by atoms with Gasteiger partial charge < -0.3 is 11.1 Å². The molecule has 0 aromatic carbocycles. The predicted molar refractivity (Wildman–Crippen MR) is 78.7 cm³/mol. The van der Waals surface area contributed by atoms with Crippen LogP contribution in [-0.4, -0.2) is 18.0 Å². The number of rotatable bonds is 6. The van der Waals surface area contributed by atoms with E-state index in [-0.39, 0.29) is 11.4 Å². The zero-order valence-corrected chi connectivity index (χ0v) is 12.6. The van der Waals surface area contributed by atoms with Crippen LogP contribution < -0.4 is 11.1 Å². The maximum atomic E-state index is 12.2. The summed E-state index contributed by atoms with van der Waals surface area (Å²) in [6.45, 7) is 4.82. The van der Waals surface area contributed by atoms with Crippen LogP contribution in [0.4, 0.5) is 0 Å². The molecule has 0 heterocycles. The Morgan fingerprint density at radius 3 is 2.42 bits per heavy atom. The lowest BCUT2D eigenvalue weighted by atomic mass is 9.85. The van der Waals surface area contributed by atoms with Gasteiger partial charge in [-0.05, 0) is 31.1 Å². The highest BCUT2D eigenvalue weighted by Crippen LogP contribution is 2.49. The fourth-order valence-corrected chi connectivity index (χ4v) is 3.49. The minimum absolute atomic E-state index is 0.217. The molecule has 1 amide bonds. The normalized spacial score (nSPS) is 28.2. The van der Waals surface area contributed by atoms with E-state index in [1.165, 1.54) is 32.1 Å². The number of hydrogen-bond acceptors (Lipinski definition) is 2. The van der Waals surface area contributed by atoms with Gasteiger partial charge in [-0.2, -0.15) is 0 Å². The third kappa shape index (κ3) is 3.71. The second-order valence-electron chi connectivity index (χ2n) is 6.69. The van der Waals surface area contributed by atoms with E-state index in [0.29, 0.717) is 18.4 Å². The van der Waals surface area contributed by atoms with Gasteiger partial charge in [-0.15, -0.1) is 0 Å². The van der Waals surface area contributed by atoms with Gasteiger partial charge in [0.05, 0.1) is 0 Å². The SMILES string of the molecule is CCC(N)(CC)CNC(=O)C1CC1C1CCCCC1. The Hall–Kier alpha value is -0.570. The van der Waals surface area contributed by atoms with E-state index in [4.69, 9.17) is 5.73 Å². The molecule has 0 aromatic heterocycles. The van der Waals surface area contributed by atoms with E-state index in [1.807, 2.05) is 0 Å². The summed E-state index contributed by atoms with van der Waals surface area (Å²) in [7, 11) is 0. The Labute approximate surface area is 117 Å². The van der Waals surface area contributed by atoms with E-state index < -0.39 is 0 Å². The van der Waals surface area contributed by atoms with Crippen molar-refractivity contribution in [2.45, 2.75) is 70.8 Å². The Bertz CT molecular complexity index is 306. The molecule has 0 radical (unpaired) electrons. The molecule has 2 aliphatic carbocycles. The number of amides is 1. The maximum Gasteiger partial charge on any atom is 0.223 e. The maximum absolute atomic E-state index is 12.2. The number of nitrogens with one attached hydrogen (secondary N) is 1. The number of hydrogen-bond donors (Lipinski definition) is 2. The predicted octanol–water partition coefficient (Wildman–Crippen LogP) is 2.84. The lowest BCUT2D eigenvalue weighted by molar-refractivity contribution is -0.123. The minimum atomic E-state index is -0.217. The van der Waals surface area contributed by atoms with Gasteiger partial charge in [0.2, 0.25) is 5.91 Å². The highest BCUT2D eigenvalue weighted by atomic mass is 16.2. The molecule has 2 aliphatic rings. The standard InChI is InChI=1S/C16H30N2O/c1-3-16(17,4-2)11-18-15(19)14-10-13(14)12-8-6-5-7-9-12/h12-14H,3-11,17H2,1-2H3,(H,18,19). The molecule has 3 N–H and O–H groups in total. The van der Waals surface area contributed by atoms with Crippen LogP contribution in [0.15, 0.2) is 0 Å². The molecule has 2 atom stereocenters. The first-order chi connectivity index (χ1) is 9.09. The molecule has 2 rings (SSSR count). The van der Waals surface area contributed by atoms with E-state index in [9.17, 15) is 4.79 Å². The molecule has 110 valence electrons. The molecular formula is C16H30N2O. The van der Waals surface area contributed by atoms with Crippen molar-refractivity contribution in [2.75, 3.05) is 6.54 Å². The second kappa shape index (κ2) is 6.25. The molecule has 0 aromatic rings. The number of carbonyl (C=O) groups excluding carboxylic acids is 1. The second-order valence-corrected chi connectivity index (χ2v) is 6.69. The van der Waals surface area contributed by atoms with Gasteiger partial charge in [0.25, 0.3) is 0 Å². The highest BCUT2D eigenvalue weighted by Gasteiger charge is 2.47. The van der Waals surface area contributed by atoms with Crippen LogP contribution in [0.25, 0.3) is 0 Å². The third-order valence-electron chi connectivity index (χ3n) is 5.45. The van der Waals surface area contributed by atoms with Crippen LogP contribution in [0.1, 0.15) is 65.2 Å². The molecule has 3 nitrogen and oxygen atoms in total. The summed E-state index contributed by atoms with van der Waals surface area (Å²) < 4.78 is 0. The molecule has 2 unspecified atom stereocenters. The van der Waals surface area contributed by atoms with Crippen LogP contribution in [-0.2, 0) is 4.79 Å². The Morgan fingerprint density at radius 2 is 1.84 bits per heavy atom. The lowest BCUT2D eigenvalue weighted by Gasteiger charge is -2.27. The molecular weight excluding hydrogens is 236 g/mol. The zero-order valence-electron chi connectivity index (χ0n) is 12.6. The van der Waals surface area contributed by atoms with Crippen molar-refractivity contribution in [1.82, 2.24) is 5.32 Å². The topological polar surface area (TPSA) is 55.1 Å². The summed E-state index contributed by atoms with van der Waals surface area (Å²) in [4.78, 5) is 12.2. The van der Waals surface area contributed by atoms with E-state index >= 15 is 0 Å². The summed E-state index contributed by atoms with van der Waals surface area (Å²) >= 11 is 0. The summed E-state index contributed by atoms with van der Waals surface area (Å²) in [5, 5.41) is 3.09. The molecule has 0 saturated heterocycles. The third-order valence-corrected chi connectivity index (χ3v) is 5.45. The quantitative estimate of drug-likeness (QED) is 0.776. The molecule has 0 bridgehead atoms. The summed E-state index contributed by atoms with van der Waals surface area (Å²) in [5.74, 6) is 2.05. The first-order valence-electron chi connectivity index (χ1n) is 8.16. The summed E-state index contributed by atoms with van der Waals surface area (Å²) in [6.07, 6.45) is 9.77. The van der Waals surface area contributed by atoms with Gasteiger partial charge in [0.1, 0.15) is 0 Å².